The summed E-state index contributed by atoms with van der Waals surface area (Å²) in [7, 11) is -3.16. The summed E-state index contributed by atoms with van der Waals surface area (Å²) in [4.78, 5) is 0.337. The Hall–Kier alpha value is -1.81. The molecule has 0 spiro atoms. The highest BCUT2D eigenvalue weighted by atomic mass is 32.2. The van der Waals surface area contributed by atoms with E-state index in [1.807, 2.05) is 6.07 Å². The van der Waals surface area contributed by atoms with Crippen molar-refractivity contribution in [2.24, 2.45) is 0 Å². The smallest absolute Gasteiger partial charge is 0.175 e. The van der Waals surface area contributed by atoms with Crippen LogP contribution in [0.25, 0.3) is 0 Å². The Morgan fingerprint density at radius 3 is 2.50 bits per heavy atom. The van der Waals surface area contributed by atoms with Crippen LogP contribution in [-0.2, 0) is 16.4 Å². The van der Waals surface area contributed by atoms with Crippen molar-refractivity contribution in [3.63, 3.8) is 0 Å². The van der Waals surface area contributed by atoms with Crippen LogP contribution in [0.5, 0.6) is 0 Å². The van der Waals surface area contributed by atoms with Crippen LogP contribution in [0.3, 0.4) is 0 Å². The van der Waals surface area contributed by atoms with Crippen molar-refractivity contribution in [2.75, 3.05) is 11.6 Å². The Morgan fingerprint density at radius 1 is 1.05 bits per heavy atom. The third-order valence-electron chi connectivity index (χ3n) is 3.25. The molecule has 2 aromatic carbocycles. The zero-order valence-corrected chi connectivity index (χ0v) is 12.8. The molecular weight excluding hydrogens is 270 g/mol. The monoisotopic (exact) mass is 289 g/mol. The molecule has 20 heavy (non-hydrogen) atoms. The standard InChI is InChI=1S/C16H19NO2S/c1-12-7-8-13(2)14(9-12)11-17-15-5-4-6-16(10-15)20(3,18)19/h4-10,17H,11H2,1-3H3. The maximum absolute atomic E-state index is 11.5. The van der Waals surface area contributed by atoms with E-state index in [-0.39, 0.29) is 0 Å². The second-order valence-corrected chi connectivity index (χ2v) is 7.10. The molecule has 0 saturated heterocycles. The van der Waals surface area contributed by atoms with Gasteiger partial charge in [-0.25, -0.2) is 8.42 Å². The van der Waals surface area contributed by atoms with Gasteiger partial charge in [-0.2, -0.15) is 0 Å². The van der Waals surface area contributed by atoms with Crippen LogP contribution in [0.4, 0.5) is 5.69 Å². The summed E-state index contributed by atoms with van der Waals surface area (Å²) in [6, 6.07) is 13.2. The molecule has 0 bridgehead atoms. The van der Waals surface area contributed by atoms with E-state index in [2.05, 4.69) is 37.4 Å². The van der Waals surface area contributed by atoms with Crippen LogP contribution < -0.4 is 5.32 Å². The van der Waals surface area contributed by atoms with E-state index in [1.54, 1.807) is 18.2 Å². The van der Waals surface area contributed by atoms with Gasteiger partial charge in [-0.15, -0.1) is 0 Å². The molecule has 0 fully saturated rings. The average Bonchev–Trinajstić information content (AvgIpc) is 2.39. The van der Waals surface area contributed by atoms with Gasteiger partial charge in [0.1, 0.15) is 0 Å². The van der Waals surface area contributed by atoms with Crippen molar-refractivity contribution in [1.29, 1.82) is 0 Å². The van der Waals surface area contributed by atoms with Gasteiger partial charge in [0.05, 0.1) is 4.90 Å². The largest absolute Gasteiger partial charge is 0.381 e. The summed E-state index contributed by atoms with van der Waals surface area (Å²) in [5.41, 5.74) is 4.48. The molecule has 4 heteroatoms. The highest BCUT2D eigenvalue weighted by Gasteiger charge is 2.07. The summed E-state index contributed by atoms with van der Waals surface area (Å²) >= 11 is 0. The number of benzene rings is 2. The number of hydrogen-bond acceptors (Lipinski definition) is 3. The number of sulfone groups is 1. The van der Waals surface area contributed by atoms with Crippen LogP contribution >= 0.6 is 0 Å². The Kier molecular flexibility index (Phi) is 4.14. The van der Waals surface area contributed by atoms with Crippen molar-refractivity contribution in [1.82, 2.24) is 0 Å². The second kappa shape index (κ2) is 5.67. The first-order valence-electron chi connectivity index (χ1n) is 6.46. The lowest BCUT2D eigenvalue weighted by molar-refractivity contribution is 0.602. The molecule has 0 amide bonds. The van der Waals surface area contributed by atoms with E-state index < -0.39 is 9.84 Å². The summed E-state index contributed by atoms with van der Waals surface area (Å²) in [5.74, 6) is 0. The fourth-order valence-electron chi connectivity index (χ4n) is 2.02. The summed E-state index contributed by atoms with van der Waals surface area (Å²) in [6.45, 7) is 4.82. The van der Waals surface area contributed by atoms with E-state index in [0.29, 0.717) is 11.4 Å². The molecule has 106 valence electrons. The third-order valence-corrected chi connectivity index (χ3v) is 4.36. The molecule has 0 atom stereocenters. The maximum Gasteiger partial charge on any atom is 0.175 e. The molecule has 0 saturated carbocycles. The lowest BCUT2D eigenvalue weighted by Gasteiger charge is -2.11. The van der Waals surface area contributed by atoms with Gasteiger partial charge in [-0.05, 0) is 43.2 Å². The lowest BCUT2D eigenvalue weighted by Crippen LogP contribution is -2.03. The van der Waals surface area contributed by atoms with Crippen LogP contribution in [0.1, 0.15) is 16.7 Å². The molecule has 1 N–H and O–H groups in total. The quantitative estimate of drug-likeness (QED) is 0.939. The highest BCUT2D eigenvalue weighted by molar-refractivity contribution is 7.90. The number of hydrogen-bond donors (Lipinski definition) is 1. The fourth-order valence-corrected chi connectivity index (χ4v) is 2.69. The molecule has 2 rings (SSSR count). The van der Waals surface area contributed by atoms with Crippen molar-refractivity contribution < 1.29 is 8.42 Å². The van der Waals surface area contributed by atoms with Crippen LogP contribution in [0.15, 0.2) is 47.4 Å². The van der Waals surface area contributed by atoms with Gasteiger partial charge in [0.25, 0.3) is 0 Å². The molecule has 0 heterocycles. The molecule has 0 aliphatic carbocycles. The maximum atomic E-state index is 11.5. The fraction of sp³-hybridized carbons (Fsp3) is 0.250. The Morgan fingerprint density at radius 2 is 1.80 bits per heavy atom. The molecule has 0 aliphatic rings. The Bertz CT molecular complexity index is 721. The molecule has 0 radical (unpaired) electrons. The number of aryl methyl sites for hydroxylation is 2. The van der Waals surface area contributed by atoms with Crippen molar-refractivity contribution >= 4 is 15.5 Å². The first-order chi connectivity index (χ1) is 9.36. The SMILES string of the molecule is Cc1ccc(C)c(CNc2cccc(S(C)(=O)=O)c2)c1. The van der Waals surface area contributed by atoms with Gasteiger partial charge in [0.15, 0.2) is 9.84 Å². The highest BCUT2D eigenvalue weighted by Crippen LogP contribution is 2.17. The predicted molar refractivity (Wildman–Crippen MR) is 82.8 cm³/mol. The first-order valence-corrected chi connectivity index (χ1v) is 8.35. The van der Waals surface area contributed by atoms with Crippen LogP contribution in [0, 0.1) is 13.8 Å². The van der Waals surface area contributed by atoms with Gasteiger partial charge in [0, 0.05) is 18.5 Å². The predicted octanol–water partition coefficient (Wildman–Crippen LogP) is 3.32. The normalized spacial score (nSPS) is 11.3. The zero-order chi connectivity index (χ0) is 14.8. The van der Waals surface area contributed by atoms with Crippen LogP contribution in [-0.4, -0.2) is 14.7 Å². The van der Waals surface area contributed by atoms with Crippen molar-refractivity contribution in [2.45, 2.75) is 25.3 Å². The van der Waals surface area contributed by atoms with Gasteiger partial charge in [0.2, 0.25) is 0 Å². The summed E-state index contributed by atoms with van der Waals surface area (Å²) in [6.07, 6.45) is 1.22. The Labute approximate surface area is 120 Å². The molecule has 2 aromatic rings. The molecule has 0 aromatic heterocycles. The number of nitrogens with one attached hydrogen (secondary N) is 1. The first kappa shape index (κ1) is 14.6. The van der Waals surface area contributed by atoms with E-state index in [0.717, 1.165) is 5.69 Å². The van der Waals surface area contributed by atoms with Gasteiger partial charge >= 0.3 is 0 Å². The lowest BCUT2D eigenvalue weighted by atomic mass is 10.1. The summed E-state index contributed by atoms with van der Waals surface area (Å²) in [5, 5.41) is 3.28. The van der Waals surface area contributed by atoms with E-state index in [9.17, 15) is 8.42 Å². The summed E-state index contributed by atoms with van der Waals surface area (Å²) < 4.78 is 23.1. The van der Waals surface area contributed by atoms with Gasteiger partial charge in [-0.1, -0.05) is 29.8 Å². The van der Waals surface area contributed by atoms with Gasteiger partial charge in [-0.3, -0.25) is 0 Å². The minimum absolute atomic E-state index is 0.337. The zero-order valence-electron chi connectivity index (χ0n) is 12.0. The molecular formula is C16H19NO2S. The average molecular weight is 289 g/mol. The third kappa shape index (κ3) is 3.61. The van der Waals surface area contributed by atoms with E-state index in [4.69, 9.17) is 0 Å². The number of anilines is 1. The topological polar surface area (TPSA) is 46.2 Å². The molecule has 0 aliphatic heterocycles. The molecule has 3 nitrogen and oxygen atoms in total. The van der Waals surface area contributed by atoms with E-state index in [1.165, 1.54) is 22.9 Å². The Balaban J connectivity index is 2.17. The minimum Gasteiger partial charge on any atom is -0.381 e. The van der Waals surface area contributed by atoms with Crippen molar-refractivity contribution in [3.8, 4) is 0 Å². The minimum atomic E-state index is -3.16. The van der Waals surface area contributed by atoms with E-state index >= 15 is 0 Å². The van der Waals surface area contributed by atoms with Crippen LogP contribution in [0.2, 0.25) is 0 Å². The van der Waals surface area contributed by atoms with Gasteiger partial charge < -0.3 is 5.32 Å². The number of rotatable bonds is 4. The molecule has 0 unspecified atom stereocenters. The second-order valence-electron chi connectivity index (χ2n) is 5.08. The van der Waals surface area contributed by atoms with Crippen molar-refractivity contribution in [3.05, 3.63) is 59.2 Å².